The van der Waals surface area contributed by atoms with Gasteiger partial charge in [0.25, 0.3) is 8.32 Å². The second kappa shape index (κ2) is 10.1. The second-order valence-corrected chi connectivity index (χ2v) is 13.8. The van der Waals surface area contributed by atoms with Crippen LogP contribution in [0.15, 0.2) is 54.6 Å². The zero-order chi connectivity index (χ0) is 21.5. The Hall–Kier alpha value is -2.04. The van der Waals surface area contributed by atoms with Crippen LogP contribution in [0, 0.1) is 0 Å². The Bertz CT molecular complexity index is 791. The van der Waals surface area contributed by atoms with Crippen molar-refractivity contribution in [2.75, 3.05) is 7.11 Å². The lowest BCUT2D eigenvalue weighted by Crippen LogP contribution is -2.43. The Morgan fingerprint density at radius 1 is 1.03 bits per heavy atom. The van der Waals surface area contributed by atoms with E-state index in [1.54, 1.807) is 7.11 Å². The Kier molecular flexibility index (Phi) is 8.11. The van der Waals surface area contributed by atoms with Crippen LogP contribution >= 0.6 is 0 Å². The minimum Gasteiger partial charge on any atom is -0.541 e. The van der Waals surface area contributed by atoms with Gasteiger partial charge in [-0.05, 0) is 60.7 Å². The zero-order valence-electron chi connectivity index (χ0n) is 18.7. The van der Waals surface area contributed by atoms with E-state index in [-0.39, 0.29) is 5.04 Å². The number of rotatable bonds is 9. The molecule has 2 aromatic rings. The fourth-order valence-corrected chi connectivity index (χ4v) is 3.80. The van der Waals surface area contributed by atoms with Gasteiger partial charge >= 0.3 is 0 Å². The highest BCUT2D eigenvalue weighted by Crippen LogP contribution is 2.40. The summed E-state index contributed by atoms with van der Waals surface area (Å²) in [5.74, 6) is 1.52. The van der Waals surface area contributed by atoms with Crippen LogP contribution in [0.2, 0.25) is 18.1 Å². The molecule has 0 amide bonds. The fourth-order valence-electron chi connectivity index (χ4n) is 2.78. The number of hydrogen-bond acceptors (Lipinski definition) is 3. The summed E-state index contributed by atoms with van der Waals surface area (Å²) in [5, 5.41) is 10.4. The molecule has 1 N–H and O–H groups in total. The van der Waals surface area contributed by atoms with Gasteiger partial charge in [-0.1, -0.05) is 69.3 Å². The standard InChI is InChI=1S/C25H36O3Si/c1-25(2,3)29(5,6)28-23-18-16-21(19-24(23)27-4)15-17-22(26)14-10-13-20-11-8-7-9-12-20/h7-9,11-12,15-19,22,26H,10,13-14H2,1-6H3/b17-15+. The molecule has 0 spiro atoms. The van der Waals surface area contributed by atoms with E-state index in [2.05, 4.69) is 58.1 Å². The van der Waals surface area contributed by atoms with Crippen LogP contribution in [0.1, 0.15) is 44.7 Å². The molecule has 0 radical (unpaired) electrons. The van der Waals surface area contributed by atoms with Crippen LogP contribution in [0.4, 0.5) is 0 Å². The van der Waals surface area contributed by atoms with Crippen LogP contribution in [-0.2, 0) is 6.42 Å². The van der Waals surface area contributed by atoms with Crippen LogP contribution in [0.5, 0.6) is 11.5 Å². The lowest BCUT2D eigenvalue weighted by atomic mass is 10.1. The van der Waals surface area contributed by atoms with Crippen molar-refractivity contribution in [2.24, 2.45) is 0 Å². The third kappa shape index (κ3) is 7.05. The highest BCUT2D eigenvalue weighted by molar-refractivity contribution is 6.74. The van der Waals surface area contributed by atoms with Crippen LogP contribution in [-0.4, -0.2) is 26.6 Å². The maximum Gasteiger partial charge on any atom is 0.250 e. The van der Waals surface area contributed by atoms with Crippen molar-refractivity contribution in [3.8, 4) is 11.5 Å². The van der Waals surface area contributed by atoms with Crippen LogP contribution in [0.3, 0.4) is 0 Å². The molecular formula is C25H36O3Si. The van der Waals surface area contributed by atoms with Gasteiger partial charge in [-0.15, -0.1) is 0 Å². The first-order valence-electron chi connectivity index (χ1n) is 10.4. The predicted octanol–water partition coefficient (Wildman–Crippen LogP) is 6.48. The summed E-state index contributed by atoms with van der Waals surface area (Å²) < 4.78 is 12.0. The van der Waals surface area contributed by atoms with Crippen molar-refractivity contribution in [1.29, 1.82) is 0 Å². The molecule has 0 heterocycles. The van der Waals surface area contributed by atoms with Crippen molar-refractivity contribution < 1.29 is 14.3 Å². The largest absolute Gasteiger partial charge is 0.541 e. The average Bonchev–Trinajstić information content (AvgIpc) is 2.67. The first-order valence-corrected chi connectivity index (χ1v) is 13.3. The van der Waals surface area contributed by atoms with E-state index in [1.807, 2.05) is 36.4 Å². The van der Waals surface area contributed by atoms with E-state index < -0.39 is 14.4 Å². The monoisotopic (exact) mass is 412 g/mol. The Labute approximate surface area is 177 Å². The Morgan fingerprint density at radius 3 is 2.34 bits per heavy atom. The second-order valence-electron chi connectivity index (χ2n) is 9.08. The summed E-state index contributed by atoms with van der Waals surface area (Å²) in [6, 6.07) is 16.3. The van der Waals surface area contributed by atoms with Gasteiger partial charge in [0.05, 0.1) is 13.2 Å². The number of ether oxygens (including phenoxy) is 1. The number of aliphatic hydroxyl groups is 1. The molecule has 29 heavy (non-hydrogen) atoms. The number of aryl methyl sites for hydroxylation is 1. The molecule has 1 atom stereocenters. The summed E-state index contributed by atoms with van der Waals surface area (Å²) in [6.45, 7) is 11.1. The van der Waals surface area contributed by atoms with Crippen molar-refractivity contribution in [1.82, 2.24) is 0 Å². The molecule has 3 nitrogen and oxygen atoms in total. The number of aliphatic hydroxyl groups excluding tert-OH is 1. The SMILES string of the molecule is COc1cc(/C=C/C(O)CCCc2ccccc2)ccc1O[Si](C)(C)C(C)(C)C. The summed E-state index contributed by atoms with van der Waals surface area (Å²) in [5.41, 5.74) is 2.30. The summed E-state index contributed by atoms with van der Waals surface area (Å²) in [6.07, 6.45) is 6.04. The smallest absolute Gasteiger partial charge is 0.250 e. The predicted molar refractivity (Wildman–Crippen MR) is 125 cm³/mol. The topological polar surface area (TPSA) is 38.7 Å². The van der Waals surface area contributed by atoms with Crippen LogP contribution < -0.4 is 9.16 Å². The molecule has 2 rings (SSSR count). The molecule has 0 aliphatic heterocycles. The van der Waals surface area contributed by atoms with Gasteiger partial charge < -0.3 is 14.3 Å². The van der Waals surface area contributed by atoms with Gasteiger partial charge in [0.1, 0.15) is 5.75 Å². The van der Waals surface area contributed by atoms with Crippen LogP contribution in [0.25, 0.3) is 6.08 Å². The zero-order valence-corrected chi connectivity index (χ0v) is 19.7. The van der Waals surface area contributed by atoms with E-state index in [0.717, 1.165) is 36.3 Å². The molecule has 158 valence electrons. The van der Waals surface area contributed by atoms with Crippen molar-refractivity contribution in [2.45, 2.75) is 64.3 Å². The molecule has 0 aliphatic carbocycles. The fraction of sp³-hybridized carbons (Fsp3) is 0.440. The molecule has 0 bridgehead atoms. The minimum atomic E-state index is -1.93. The molecule has 1 unspecified atom stereocenters. The summed E-state index contributed by atoms with van der Waals surface area (Å²) >= 11 is 0. The molecule has 0 saturated carbocycles. The normalized spacial score (nSPS) is 13.5. The Morgan fingerprint density at radius 2 is 1.72 bits per heavy atom. The maximum absolute atomic E-state index is 10.3. The van der Waals surface area contributed by atoms with Gasteiger partial charge in [0.15, 0.2) is 5.75 Å². The number of methoxy groups -OCH3 is 1. The van der Waals surface area contributed by atoms with Gasteiger partial charge in [0, 0.05) is 0 Å². The number of benzene rings is 2. The number of hydrogen-bond donors (Lipinski definition) is 1. The van der Waals surface area contributed by atoms with E-state index >= 15 is 0 Å². The average molecular weight is 413 g/mol. The van der Waals surface area contributed by atoms with Crippen molar-refractivity contribution in [3.05, 3.63) is 65.7 Å². The summed E-state index contributed by atoms with van der Waals surface area (Å²) in [7, 11) is -0.262. The van der Waals surface area contributed by atoms with Crippen molar-refractivity contribution >= 4 is 14.4 Å². The van der Waals surface area contributed by atoms with Gasteiger partial charge in [-0.25, -0.2) is 0 Å². The van der Waals surface area contributed by atoms with Gasteiger partial charge in [-0.2, -0.15) is 0 Å². The Balaban J connectivity index is 1.96. The highest BCUT2D eigenvalue weighted by atomic mass is 28.4. The first-order chi connectivity index (χ1) is 13.6. The lowest BCUT2D eigenvalue weighted by molar-refractivity contribution is 0.210. The van der Waals surface area contributed by atoms with Gasteiger partial charge in [-0.3, -0.25) is 0 Å². The van der Waals surface area contributed by atoms with Crippen molar-refractivity contribution in [3.63, 3.8) is 0 Å². The van der Waals surface area contributed by atoms with E-state index in [1.165, 1.54) is 5.56 Å². The molecule has 0 aromatic heterocycles. The summed E-state index contributed by atoms with van der Waals surface area (Å²) in [4.78, 5) is 0. The molecule has 0 aliphatic rings. The quantitative estimate of drug-likeness (QED) is 0.479. The first kappa shape index (κ1) is 23.2. The molecule has 2 aromatic carbocycles. The molecule has 0 fully saturated rings. The molecule has 0 saturated heterocycles. The highest BCUT2D eigenvalue weighted by Gasteiger charge is 2.39. The van der Waals surface area contributed by atoms with Gasteiger partial charge in [0.2, 0.25) is 0 Å². The lowest BCUT2D eigenvalue weighted by Gasteiger charge is -2.36. The van der Waals surface area contributed by atoms with E-state index in [0.29, 0.717) is 0 Å². The maximum atomic E-state index is 10.3. The third-order valence-corrected chi connectivity index (χ3v) is 10.0. The molecule has 4 heteroatoms. The van der Waals surface area contributed by atoms with E-state index in [9.17, 15) is 5.11 Å². The van der Waals surface area contributed by atoms with E-state index in [4.69, 9.17) is 9.16 Å². The minimum absolute atomic E-state index is 0.125. The third-order valence-electron chi connectivity index (χ3n) is 5.68. The molecular weight excluding hydrogens is 376 g/mol.